The molecular weight excluding hydrogens is 352 g/mol. The molecule has 0 saturated carbocycles. The lowest BCUT2D eigenvalue weighted by Crippen LogP contribution is -2.57. The molecule has 1 aliphatic carbocycles. The fraction of sp³-hybridized carbons (Fsp3) is 0.227. The third-order valence-electron chi connectivity index (χ3n) is 5.47. The number of fused-ring (bicyclic) bond motifs is 1. The molecule has 138 valence electrons. The van der Waals surface area contributed by atoms with E-state index in [2.05, 4.69) is 9.97 Å². The zero-order valence-electron chi connectivity index (χ0n) is 15.6. The van der Waals surface area contributed by atoms with Crippen molar-refractivity contribution < 1.29 is 9.59 Å². The van der Waals surface area contributed by atoms with Crippen LogP contribution in [0.1, 0.15) is 19.4 Å². The zero-order valence-corrected chi connectivity index (χ0v) is 15.6. The molecule has 0 saturated heterocycles. The molecule has 6 nitrogen and oxygen atoms in total. The molecule has 0 bridgehead atoms. The van der Waals surface area contributed by atoms with Crippen LogP contribution in [0, 0.1) is 16.7 Å². The number of carbonyl (C=O) groups is 2. The molecule has 4 rings (SSSR count). The predicted molar refractivity (Wildman–Crippen MR) is 103 cm³/mol. The summed E-state index contributed by atoms with van der Waals surface area (Å²) in [6.45, 7) is 3.80. The van der Waals surface area contributed by atoms with Crippen LogP contribution in [0.15, 0.2) is 72.1 Å². The number of Topliss-reactive ketones (excluding diaryl/α,β-unsaturated/α-hetero) is 1. The first-order valence-electron chi connectivity index (χ1n) is 8.96. The van der Waals surface area contributed by atoms with Gasteiger partial charge in [-0.05, 0) is 37.1 Å². The molecule has 0 spiro atoms. The van der Waals surface area contributed by atoms with Crippen LogP contribution < -0.4 is 4.90 Å². The number of ketones is 1. The van der Waals surface area contributed by atoms with Crippen LogP contribution in [0.25, 0.3) is 0 Å². The Bertz CT molecular complexity index is 1060. The number of amides is 1. The monoisotopic (exact) mass is 370 g/mol. The van der Waals surface area contributed by atoms with Crippen molar-refractivity contribution in [1.29, 1.82) is 5.26 Å². The van der Waals surface area contributed by atoms with Gasteiger partial charge in [-0.1, -0.05) is 36.4 Å². The van der Waals surface area contributed by atoms with Crippen molar-refractivity contribution in [2.45, 2.75) is 19.3 Å². The number of hydrogen-bond donors (Lipinski definition) is 0. The topological polar surface area (TPSA) is 87.0 Å². The summed E-state index contributed by atoms with van der Waals surface area (Å²) in [5.41, 5.74) is -0.835. The number of nitriles is 1. The van der Waals surface area contributed by atoms with Crippen LogP contribution in [-0.2, 0) is 15.0 Å². The number of benzene rings is 1. The second-order valence-corrected chi connectivity index (χ2v) is 7.38. The summed E-state index contributed by atoms with van der Waals surface area (Å²) >= 11 is 0. The predicted octanol–water partition coefficient (Wildman–Crippen LogP) is 2.75. The van der Waals surface area contributed by atoms with Crippen LogP contribution in [0.4, 0.5) is 5.95 Å². The van der Waals surface area contributed by atoms with E-state index in [1.54, 1.807) is 32.3 Å². The molecule has 1 aromatic heterocycles. The molecule has 0 fully saturated rings. The van der Waals surface area contributed by atoms with E-state index in [1.807, 2.05) is 42.5 Å². The minimum Gasteiger partial charge on any atom is -0.292 e. The normalized spacial score (nSPS) is 23.4. The van der Waals surface area contributed by atoms with E-state index in [0.717, 1.165) is 0 Å². The molecule has 2 heterocycles. The highest BCUT2D eigenvalue weighted by molar-refractivity contribution is 6.14. The summed E-state index contributed by atoms with van der Waals surface area (Å²) in [7, 11) is 0. The van der Waals surface area contributed by atoms with E-state index in [1.165, 1.54) is 11.0 Å². The summed E-state index contributed by atoms with van der Waals surface area (Å²) in [5.74, 6) is -0.250. The highest BCUT2D eigenvalue weighted by Crippen LogP contribution is 2.51. The summed E-state index contributed by atoms with van der Waals surface area (Å²) in [6.07, 6.45) is 6.57. The molecule has 1 aliphatic heterocycles. The van der Waals surface area contributed by atoms with Crippen molar-refractivity contribution in [3.05, 3.63) is 77.7 Å². The minimum atomic E-state index is -1.25. The smallest absolute Gasteiger partial charge is 0.248 e. The van der Waals surface area contributed by atoms with Gasteiger partial charge in [0.15, 0.2) is 5.78 Å². The van der Waals surface area contributed by atoms with Gasteiger partial charge in [-0.3, -0.25) is 14.5 Å². The number of anilines is 1. The number of allylic oxidation sites excluding steroid dienone is 1. The Morgan fingerprint density at radius 1 is 1.07 bits per heavy atom. The second kappa shape index (κ2) is 6.24. The lowest BCUT2D eigenvalue weighted by Gasteiger charge is -2.47. The van der Waals surface area contributed by atoms with Gasteiger partial charge in [-0.15, -0.1) is 0 Å². The molecule has 0 N–H and O–H groups in total. The Hall–Kier alpha value is -3.59. The van der Waals surface area contributed by atoms with Crippen LogP contribution in [0.5, 0.6) is 0 Å². The molecule has 28 heavy (non-hydrogen) atoms. The highest BCUT2D eigenvalue weighted by atomic mass is 16.2. The van der Waals surface area contributed by atoms with Gasteiger partial charge in [0, 0.05) is 18.9 Å². The summed E-state index contributed by atoms with van der Waals surface area (Å²) in [5, 5.41) is 9.61. The van der Waals surface area contributed by atoms with Crippen molar-refractivity contribution in [2.24, 2.45) is 5.41 Å². The number of hydrogen-bond acceptors (Lipinski definition) is 5. The fourth-order valence-electron chi connectivity index (χ4n) is 4.13. The van der Waals surface area contributed by atoms with E-state index in [4.69, 9.17) is 0 Å². The number of carbonyl (C=O) groups excluding carboxylic acids is 2. The first kappa shape index (κ1) is 17.8. The van der Waals surface area contributed by atoms with E-state index in [9.17, 15) is 14.9 Å². The standard InChI is InChI=1S/C22H18N4O2/c1-21(2)17-9-12-26(20-24-10-6-11-25-20)19(28)22(17,13-15(14-23)18(21)27)16-7-4-3-5-8-16/h3-11,13H,12H2,1-2H3/t22-/m1/s1. The summed E-state index contributed by atoms with van der Waals surface area (Å²) in [4.78, 5) is 36.7. The SMILES string of the molecule is CC1(C)C(=O)C(C#N)=C[C@]2(c3ccccc3)C(=O)N(c3ncccn3)CC=C12. The van der Waals surface area contributed by atoms with Gasteiger partial charge in [0.05, 0.1) is 11.0 Å². The maximum absolute atomic E-state index is 13.9. The van der Waals surface area contributed by atoms with Crippen molar-refractivity contribution in [1.82, 2.24) is 9.97 Å². The average molecular weight is 370 g/mol. The molecule has 0 unspecified atom stereocenters. The molecule has 6 heteroatoms. The van der Waals surface area contributed by atoms with E-state index < -0.39 is 10.8 Å². The molecule has 1 atom stereocenters. The van der Waals surface area contributed by atoms with E-state index >= 15 is 0 Å². The Morgan fingerprint density at radius 2 is 1.75 bits per heavy atom. The zero-order chi connectivity index (χ0) is 19.9. The van der Waals surface area contributed by atoms with E-state index in [0.29, 0.717) is 17.1 Å². The number of aromatic nitrogens is 2. The maximum atomic E-state index is 13.9. The first-order valence-corrected chi connectivity index (χ1v) is 8.96. The Kier molecular flexibility index (Phi) is 3.97. The number of nitrogens with zero attached hydrogens (tertiary/aromatic N) is 4. The van der Waals surface area contributed by atoms with Gasteiger partial charge in [0.2, 0.25) is 11.9 Å². The Morgan fingerprint density at radius 3 is 2.39 bits per heavy atom. The molecule has 0 radical (unpaired) electrons. The van der Waals surface area contributed by atoms with Gasteiger partial charge < -0.3 is 0 Å². The lowest BCUT2D eigenvalue weighted by molar-refractivity contribution is -0.125. The van der Waals surface area contributed by atoms with Gasteiger partial charge in [0.1, 0.15) is 11.5 Å². The quantitative estimate of drug-likeness (QED) is 0.759. The first-order chi connectivity index (χ1) is 13.4. The Labute approximate surface area is 162 Å². The third kappa shape index (κ3) is 2.33. The van der Waals surface area contributed by atoms with Gasteiger partial charge in [-0.2, -0.15) is 5.26 Å². The average Bonchev–Trinajstić information content (AvgIpc) is 2.73. The summed E-state index contributed by atoms with van der Waals surface area (Å²) in [6, 6.07) is 12.9. The Balaban J connectivity index is 2.03. The lowest BCUT2D eigenvalue weighted by atomic mass is 9.56. The second-order valence-electron chi connectivity index (χ2n) is 7.38. The molecule has 1 amide bonds. The molecule has 2 aliphatic rings. The molecule has 1 aromatic carbocycles. The third-order valence-corrected chi connectivity index (χ3v) is 5.47. The minimum absolute atomic E-state index is 0.00446. The van der Waals surface area contributed by atoms with Crippen LogP contribution >= 0.6 is 0 Å². The summed E-state index contributed by atoms with van der Waals surface area (Å²) < 4.78 is 0. The molecule has 2 aromatic rings. The van der Waals surface area contributed by atoms with Crippen molar-refractivity contribution in [3.63, 3.8) is 0 Å². The number of rotatable bonds is 2. The fourth-order valence-corrected chi connectivity index (χ4v) is 4.13. The van der Waals surface area contributed by atoms with E-state index in [-0.39, 0.29) is 23.8 Å². The van der Waals surface area contributed by atoms with Gasteiger partial charge in [0.25, 0.3) is 0 Å². The maximum Gasteiger partial charge on any atom is 0.248 e. The van der Waals surface area contributed by atoms with Gasteiger partial charge >= 0.3 is 0 Å². The molecular formula is C22H18N4O2. The van der Waals surface area contributed by atoms with Crippen molar-refractivity contribution >= 4 is 17.6 Å². The van der Waals surface area contributed by atoms with Crippen LogP contribution in [-0.4, -0.2) is 28.2 Å². The highest BCUT2D eigenvalue weighted by Gasteiger charge is 2.57. The van der Waals surface area contributed by atoms with Crippen LogP contribution in [0.3, 0.4) is 0 Å². The van der Waals surface area contributed by atoms with Crippen LogP contribution in [0.2, 0.25) is 0 Å². The van der Waals surface area contributed by atoms with Crippen molar-refractivity contribution in [2.75, 3.05) is 11.4 Å². The van der Waals surface area contributed by atoms with Crippen molar-refractivity contribution in [3.8, 4) is 6.07 Å². The van der Waals surface area contributed by atoms with Gasteiger partial charge in [-0.25, -0.2) is 9.97 Å². The largest absolute Gasteiger partial charge is 0.292 e.